The van der Waals surface area contributed by atoms with Crippen molar-refractivity contribution in [1.29, 1.82) is 0 Å². The first-order valence-electron chi connectivity index (χ1n) is 8.93. The fourth-order valence-electron chi connectivity index (χ4n) is 3.34. The normalized spacial score (nSPS) is 16.1. The third kappa shape index (κ3) is 3.47. The molecule has 140 valence electrons. The number of amides is 1. The summed E-state index contributed by atoms with van der Waals surface area (Å²) < 4.78 is 28.0. The van der Waals surface area contributed by atoms with Crippen molar-refractivity contribution >= 4 is 33.1 Å². The minimum Gasteiger partial charge on any atom is -0.312 e. The standard InChI is InChI=1S/C20H20N2O4S/c1-13(23)15-3-2-4-17(11-15)21-27(25,26)18-7-8-19-16(12-18)9-10-22(19)20(24)14-5-6-14/h2-4,7-8,11-12,14,21H,5-6,9-10H2,1H3. The molecule has 1 aliphatic carbocycles. The molecule has 7 heteroatoms. The van der Waals surface area contributed by atoms with E-state index in [0.717, 1.165) is 24.1 Å². The van der Waals surface area contributed by atoms with Crippen molar-refractivity contribution < 1.29 is 18.0 Å². The van der Waals surface area contributed by atoms with Gasteiger partial charge < -0.3 is 4.90 Å². The summed E-state index contributed by atoms with van der Waals surface area (Å²) in [4.78, 5) is 25.8. The van der Waals surface area contributed by atoms with Gasteiger partial charge in [-0.2, -0.15) is 0 Å². The maximum atomic E-state index is 12.7. The predicted octanol–water partition coefficient (Wildman–Crippen LogP) is 2.99. The van der Waals surface area contributed by atoms with Gasteiger partial charge in [0.15, 0.2) is 5.78 Å². The average molecular weight is 384 g/mol. The summed E-state index contributed by atoms with van der Waals surface area (Å²) in [6.45, 7) is 2.03. The van der Waals surface area contributed by atoms with Crippen LogP contribution in [0.4, 0.5) is 11.4 Å². The number of hydrogen-bond acceptors (Lipinski definition) is 4. The number of sulfonamides is 1. The Morgan fingerprint density at radius 1 is 1.11 bits per heavy atom. The summed E-state index contributed by atoms with van der Waals surface area (Å²) in [5.74, 6) is 0.145. The van der Waals surface area contributed by atoms with E-state index < -0.39 is 10.0 Å². The van der Waals surface area contributed by atoms with E-state index >= 15 is 0 Å². The minimum absolute atomic E-state index is 0.131. The molecule has 0 bridgehead atoms. The van der Waals surface area contributed by atoms with Crippen molar-refractivity contribution in [2.75, 3.05) is 16.2 Å². The minimum atomic E-state index is -3.78. The van der Waals surface area contributed by atoms with Gasteiger partial charge in [0.2, 0.25) is 5.91 Å². The van der Waals surface area contributed by atoms with E-state index in [4.69, 9.17) is 0 Å². The van der Waals surface area contributed by atoms with Crippen LogP contribution in [0.5, 0.6) is 0 Å². The molecule has 27 heavy (non-hydrogen) atoms. The lowest BCUT2D eigenvalue weighted by molar-refractivity contribution is -0.119. The summed E-state index contributed by atoms with van der Waals surface area (Å²) in [5, 5.41) is 0. The SMILES string of the molecule is CC(=O)c1cccc(NS(=O)(=O)c2ccc3c(c2)CCN3C(=O)C2CC2)c1. The molecule has 0 atom stereocenters. The first kappa shape index (κ1) is 17.7. The molecule has 2 aliphatic rings. The van der Waals surface area contributed by atoms with Gasteiger partial charge in [0.1, 0.15) is 0 Å². The van der Waals surface area contributed by atoms with Crippen molar-refractivity contribution in [2.45, 2.75) is 31.1 Å². The van der Waals surface area contributed by atoms with Crippen LogP contribution in [0.2, 0.25) is 0 Å². The van der Waals surface area contributed by atoms with Crippen molar-refractivity contribution in [3.63, 3.8) is 0 Å². The quantitative estimate of drug-likeness (QED) is 0.804. The van der Waals surface area contributed by atoms with E-state index in [-0.39, 0.29) is 22.5 Å². The first-order chi connectivity index (χ1) is 12.8. The van der Waals surface area contributed by atoms with Crippen LogP contribution in [0.3, 0.4) is 0 Å². The van der Waals surface area contributed by atoms with Gasteiger partial charge in [0.05, 0.1) is 4.90 Å². The molecule has 1 saturated carbocycles. The Morgan fingerprint density at radius 2 is 1.89 bits per heavy atom. The van der Waals surface area contributed by atoms with E-state index in [9.17, 15) is 18.0 Å². The lowest BCUT2D eigenvalue weighted by atomic mass is 10.1. The van der Waals surface area contributed by atoms with Crippen LogP contribution in [0.25, 0.3) is 0 Å². The number of carbonyl (C=O) groups is 2. The Labute approximate surface area is 158 Å². The summed E-state index contributed by atoms with van der Waals surface area (Å²) >= 11 is 0. The van der Waals surface area contributed by atoms with E-state index in [1.165, 1.54) is 19.1 Å². The van der Waals surface area contributed by atoms with Crippen LogP contribution in [0, 0.1) is 5.92 Å². The van der Waals surface area contributed by atoms with Gasteiger partial charge >= 0.3 is 0 Å². The number of Topliss-reactive ketones (excluding diaryl/α,β-unsaturated/α-hetero) is 1. The smallest absolute Gasteiger partial charge is 0.261 e. The number of carbonyl (C=O) groups excluding carboxylic acids is 2. The summed E-state index contributed by atoms with van der Waals surface area (Å²) in [5.41, 5.74) is 2.46. The molecule has 0 unspecified atom stereocenters. The van der Waals surface area contributed by atoms with E-state index in [1.807, 2.05) is 0 Å². The number of nitrogens with zero attached hydrogens (tertiary/aromatic N) is 1. The van der Waals surface area contributed by atoms with Gasteiger partial charge in [-0.15, -0.1) is 0 Å². The maximum absolute atomic E-state index is 12.7. The molecule has 2 aromatic carbocycles. The second-order valence-electron chi connectivity index (χ2n) is 7.05. The highest BCUT2D eigenvalue weighted by Gasteiger charge is 2.36. The van der Waals surface area contributed by atoms with Crippen molar-refractivity contribution in [2.24, 2.45) is 5.92 Å². The van der Waals surface area contributed by atoms with Gasteiger partial charge in [-0.05, 0) is 62.1 Å². The van der Waals surface area contributed by atoms with Gasteiger partial charge in [0.25, 0.3) is 10.0 Å². The molecule has 6 nitrogen and oxygen atoms in total. The highest BCUT2D eigenvalue weighted by molar-refractivity contribution is 7.92. The molecule has 0 saturated heterocycles. The largest absolute Gasteiger partial charge is 0.312 e. The second kappa shape index (κ2) is 6.49. The summed E-state index contributed by atoms with van der Waals surface area (Å²) in [6, 6.07) is 11.3. The topological polar surface area (TPSA) is 83.6 Å². The highest BCUT2D eigenvalue weighted by Crippen LogP contribution is 2.37. The Morgan fingerprint density at radius 3 is 2.59 bits per heavy atom. The predicted molar refractivity (Wildman–Crippen MR) is 102 cm³/mol. The number of nitrogens with one attached hydrogen (secondary N) is 1. The molecule has 4 rings (SSSR count). The Bertz CT molecular complexity index is 1040. The van der Waals surface area contributed by atoms with Crippen LogP contribution in [-0.2, 0) is 21.2 Å². The number of anilines is 2. The molecule has 0 spiro atoms. The zero-order chi connectivity index (χ0) is 19.2. The summed E-state index contributed by atoms with van der Waals surface area (Å²) in [7, 11) is -3.78. The molecule has 1 N–H and O–H groups in total. The van der Waals surface area contributed by atoms with Gasteiger partial charge in [-0.25, -0.2) is 8.42 Å². The van der Waals surface area contributed by atoms with Crippen molar-refractivity contribution in [3.05, 3.63) is 53.6 Å². The second-order valence-corrected chi connectivity index (χ2v) is 8.73. The number of fused-ring (bicyclic) bond motifs is 1. The zero-order valence-electron chi connectivity index (χ0n) is 14.9. The molecule has 1 amide bonds. The van der Waals surface area contributed by atoms with Crippen molar-refractivity contribution in [1.82, 2.24) is 0 Å². The van der Waals surface area contributed by atoms with E-state index in [2.05, 4.69) is 4.72 Å². The monoisotopic (exact) mass is 384 g/mol. The number of benzene rings is 2. The number of ketones is 1. The van der Waals surface area contributed by atoms with Crippen LogP contribution in [-0.4, -0.2) is 26.7 Å². The maximum Gasteiger partial charge on any atom is 0.261 e. The van der Waals surface area contributed by atoms with Crippen LogP contribution >= 0.6 is 0 Å². The van der Waals surface area contributed by atoms with Gasteiger partial charge in [-0.1, -0.05) is 12.1 Å². The molecule has 1 fully saturated rings. The molecule has 0 aromatic heterocycles. The molecular weight excluding hydrogens is 364 g/mol. The lowest BCUT2D eigenvalue weighted by Gasteiger charge is -2.17. The average Bonchev–Trinajstić information content (AvgIpc) is 3.40. The fourth-order valence-corrected chi connectivity index (χ4v) is 4.44. The fraction of sp³-hybridized carbons (Fsp3) is 0.300. The Hall–Kier alpha value is -2.67. The lowest BCUT2D eigenvalue weighted by Crippen LogP contribution is -2.30. The van der Waals surface area contributed by atoms with E-state index in [1.54, 1.807) is 35.2 Å². The van der Waals surface area contributed by atoms with Gasteiger partial charge in [0, 0.05) is 29.4 Å². The van der Waals surface area contributed by atoms with Crippen LogP contribution < -0.4 is 9.62 Å². The highest BCUT2D eigenvalue weighted by atomic mass is 32.2. The van der Waals surface area contributed by atoms with Gasteiger partial charge in [-0.3, -0.25) is 14.3 Å². The van der Waals surface area contributed by atoms with Crippen molar-refractivity contribution in [3.8, 4) is 0 Å². The summed E-state index contributed by atoms with van der Waals surface area (Å²) in [6.07, 6.45) is 2.54. The Kier molecular flexibility index (Phi) is 4.26. The molecular formula is C20H20N2O4S. The van der Waals surface area contributed by atoms with Crippen LogP contribution in [0.1, 0.15) is 35.7 Å². The van der Waals surface area contributed by atoms with Crippen LogP contribution in [0.15, 0.2) is 47.4 Å². The molecule has 2 aromatic rings. The zero-order valence-corrected chi connectivity index (χ0v) is 15.8. The van der Waals surface area contributed by atoms with E-state index in [0.29, 0.717) is 24.2 Å². The number of rotatable bonds is 5. The molecule has 0 radical (unpaired) electrons. The third-order valence-electron chi connectivity index (χ3n) is 4.97. The number of hydrogen-bond donors (Lipinski definition) is 1. The Balaban J connectivity index is 1.59. The first-order valence-corrected chi connectivity index (χ1v) is 10.4. The molecule has 1 aliphatic heterocycles. The molecule has 1 heterocycles. The third-order valence-corrected chi connectivity index (χ3v) is 6.35.